The summed E-state index contributed by atoms with van der Waals surface area (Å²) in [6, 6.07) is 13.7. The fourth-order valence-electron chi connectivity index (χ4n) is 4.52. The Morgan fingerprint density at radius 1 is 1.24 bits per heavy atom. The van der Waals surface area contributed by atoms with Gasteiger partial charge in [0.05, 0.1) is 12.7 Å². The van der Waals surface area contributed by atoms with Gasteiger partial charge in [-0.1, -0.05) is 36.4 Å². The average molecular weight is 390 g/mol. The van der Waals surface area contributed by atoms with Gasteiger partial charge in [-0.05, 0) is 31.0 Å². The first-order chi connectivity index (χ1) is 14.2. The van der Waals surface area contributed by atoms with E-state index in [1.54, 1.807) is 0 Å². The molecule has 0 bridgehead atoms. The highest BCUT2D eigenvalue weighted by Gasteiger charge is 2.33. The Bertz CT molecular complexity index is 1040. The molecule has 0 aliphatic carbocycles. The number of rotatable bonds is 3. The molecule has 0 spiro atoms. The van der Waals surface area contributed by atoms with Crippen molar-refractivity contribution in [2.45, 2.75) is 32.0 Å². The number of carbonyl (C=O) groups is 2. The maximum Gasteiger partial charge on any atom is 0.323 e. The SMILES string of the molecule is COC(=O)[C@@H]1CCCN1Cc1ccc2c(c1)CO/C2=C1/C(=O)Nc2ccccc21. The predicted octanol–water partition coefficient (Wildman–Crippen LogP) is 3.17. The summed E-state index contributed by atoms with van der Waals surface area (Å²) < 4.78 is 10.9. The van der Waals surface area contributed by atoms with Crippen molar-refractivity contribution in [2.24, 2.45) is 0 Å². The van der Waals surface area contributed by atoms with Gasteiger partial charge in [0.2, 0.25) is 0 Å². The second-order valence-corrected chi connectivity index (χ2v) is 7.64. The molecule has 1 atom stereocenters. The average Bonchev–Trinajstić information content (AvgIpc) is 3.43. The third-order valence-corrected chi connectivity index (χ3v) is 5.91. The van der Waals surface area contributed by atoms with Gasteiger partial charge in [-0.3, -0.25) is 14.5 Å². The quantitative estimate of drug-likeness (QED) is 0.644. The number of methoxy groups -OCH3 is 1. The highest BCUT2D eigenvalue weighted by Crippen LogP contribution is 2.41. The lowest BCUT2D eigenvalue weighted by molar-refractivity contribution is -0.146. The Balaban J connectivity index is 1.44. The molecule has 3 aliphatic heterocycles. The van der Waals surface area contributed by atoms with Crippen molar-refractivity contribution in [3.8, 4) is 0 Å². The molecule has 2 aromatic rings. The van der Waals surface area contributed by atoms with Gasteiger partial charge in [0.25, 0.3) is 5.91 Å². The van der Waals surface area contributed by atoms with Crippen molar-refractivity contribution in [3.63, 3.8) is 0 Å². The number of esters is 1. The number of hydrogen-bond acceptors (Lipinski definition) is 5. The van der Waals surface area contributed by atoms with Crippen LogP contribution in [-0.2, 0) is 32.2 Å². The molecular weight excluding hydrogens is 368 g/mol. The van der Waals surface area contributed by atoms with Crippen LogP contribution in [0.1, 0.15) is 35.1 Å². The zero-order valence-electron chi connectivity index (χ0n) is 16.2. The third-order valence-electron chi connectivity index (χ3n) is 5.91. The molecule has 5 rings (SSSR count). The van der Waals surface area contributed by atoms with Crippen molar-refractivity contribution in [1.82, 2.24) is 4.90 Å². The molecule has 1 amide bonds. The van der Waals surface area contributed by atoms with E-state index in [2.05, 4.69) is 22.3 Å². The van der Waals surface area contributed by atoms with Gasteiger partial charge in [-0.15, -0.1) is 0 Å². The van der Waals surface area contributed by atoms with Crippen molar-refractivity contribution in [1.29, 1.82) is 0 Å². The van der Waals surface area contributed by atoms with E-state index >= 15 is 0 Å². The number of nitrogens with one attached hydrogen (secondary N) is 1. The van der Waals surface area contributed by atoms with Crippen molar-refractivity contribution in [3.05, 3.63) is 64.7 Å². The van der Waals surface area contributed by atoms with Crippen LogP contribution < -0.4 is 5.32 Å². The van der Waals surface area contributed by atoms with Crippen LogP contribution in [0.4, 0.5) is 5.69 Å². The minimum atomic E-state index is -0.166. The minimum Gasteiger partial charge on any atom is -0.487 e. The lowest BCUT2D eigenvalue weighted by Gasteiger charge is -2.22. The van der Waals surface area contributed by atoms with Gasteiger partial charge in [0.15, 0.2) is 0 Å². The van der Waals surface area contributed by atoms with Crippen LogP contribution in [0.15, 0.2) is 42.5 Å². The summed E-state index contributed by atoms with van der Waals surface area (Å²) in [4.78, 5) is 26.7. The van der Waals surface area contributed by atoms with Gasteiger partial charge in [-0.25, -0.2) is 0 Å². The molecule has 2 aromatic carbocycles. The van der Waals surface area contributed by atoms with E-state index in [1.807, 2.05) is 30.3 Å². The Morgan fingerprint density at radius 3 is 2.97 bits per heavy atom. The molecule has 29 heavy (non-hydrogen) atoms. The first-order valence-corrected chi connectivity index (χ1v) is 9.87. The first-order valence-electron chi connectivity index (χ1n) is 9.87. The van der Waals surface area contributed by atoms with Crippen LogP contribution in [-0.4, -0.2) is 36.5 Å². The van der Waals surface area contributed by atoms with Crippen LogP contribution in [0.2, 0.25) is 0 Å². The summed E-state index contributed by atoms with van der Waals surface area (Å²) in [7, 11) is 1.44. The van der Waals surface area contributed by atoms with Gasteiger partial charge in [-0.2, -0.15) is 0 Å². The number of amides is 1. The fraction of sp³-hybridized carbons (Fsp3) is 0.304. The number of anilines is 1. The largest absolute Gasteiger partial charge is 0.487 e. The van der Waals surface area contributed by atoms with Crippen molar-refractivity contribution >= 4 is 28.9 Å². The lowest BCUT2D eigenvalue weighted by atomic mass is 9.99. The van der Waals surface area contributed by atoms with Crippen molar-refractivity contribution in [2.75, 3.05) is 19.0 Å². The Labute approximate surface area is 169 Å². The normalized spacial score (nSPS) is 22.8. The first kappa shape index (κ1) is 17.9. The maximum absolute atomic E-state index is 12.6. The van der Waals surface area contributed by atoms with Gasteiger partial charge >= 0.3 is 5.97 Å². The minimum absolute atomic E-state index is 0.129. The van der Waals surface area contributed by atoms with Crippen LogP contribution in [0.5, 0.6) is 0 Å². The molecule has 148 valence electrons. The summed E-state index contributed by atoms with van der Waals surface area (Å²) in [5, 5.41) is 2.91. The molecule has 0 aromatic heterocycles. The number of nitrogens with zero attached hydrogens (tertiary/aromatic N) is 1. The predicted molar refractivity (Wildman–Crippen MR) is 109 cm³/mol. The molecule has 0 radical (unpaired) electrons. The lowest BCUT2D eigenvalue weighted by Crippen LogP contribution is -2.36. The summed E-state index contributed by atoms with van der Waals surface area (Å²) in [5.74, 6) is 0.351. The van der Waals surface area contributed by atoms with Gasteiger partial charge < -0.3 is 14.8 Å². The van der Waals surface area contributed by atoms with Crippen LogP contribution in [0.3, 0.4) is 0 Å². The van der Waals surface area contributed by atoms with Gasteiger partial charge in [0, 0.05) is 28.9 Å². The number of ether oxygens (including phenoxy) is 2. The number of para-hydroxylation sites is 1. The number of benzene rings is 2. The van der Waals surface area contributed by atoms with E-state index < -0.39 is 0 Å². The Kier molecular flexibility index (Phi) is 4.36. The number of likely N-dealkylation sites (tertiary alicyclic amines) is 1. The van der Waals surface area contributed by atoms with E-state index in [0.29, 0.717) is 24.5 Å². The zero-order chi connectivity index (χ0) is 20.0. The highest BCUT2D eigenvalue weighted by molar-refractivity contribution is 6.36. The molecule has 0 saturated carbocycles. The van der Waals surface area contributed by atoms with Crippen LogP contribution in [0, 0.1) is 0 Å². The molecule has 1 saturated heterocycles. The number of carbonyl (C=O) groups excluding carboxylic acids is 2. The van der Waals surface area contributed by atoms with E-state index in [-0.39, 0.29) is 17.9 Å². The standard InChI is InChI=1S/C23H22N2O4/c1-28-23(27)19-7-4-10-25(19)12-14-8-9-16-15(11-14)13-29-21(16)20-17-5-2-3-6-18(17)24-22(20)26/h2-3,5-6,8-9,11,19H,4,7,10,12-13H2,1H3,(H,24,26)/b21-20+/t19-/m0/s1. The van der Waals surface area contributed by atoms with Gasteiger partial charge in [0.1, 0.15) is 18.4 Å². The second kappa shape index (κ2) is 7.04. The van der Waals surface area contributed by atoms with Crippen LogP contribution >= 0.6 is 0 Å². The smallest absolute Gasteiger partial charge is 0.323 e. The molecule has 1 N–H and O–H groups in total. The topological polar surface area (TPSA) is 67.9 Å². The summed E-state index contributed by atoms with van der Waals surface area (Å²) >= 11 is 0. The summed E-state index contributed by atoms with van der Waals surface area (Å²) in [5.41, 5.74) is 5.44. The van der Waals surface area contributed by atoms with E-state index in [0.717, 1.165) is 47.3 Å². The Hall–Kier alpha value is -3.12. The maximum atomic E-state index is 12.6. The molecule has 0 unspecified atom stereocenters. The molecular formula is C23H22N2O4. The molecule has 1 fully saturated rings. The highest BCUT2D eigenvalue weighted by atomic mass is 16.5. The fourth-order valence-corrected chi connectivity index (χ4v) is 4.52. The monoisotopic (exact) mass is 390 g/mol. The zero-order valence-corrected chi connectivity index (χ0v) is 16.2. The van der Waals surface area contributed by atoms with E-state index in [1.165, 1.54) is 7.11 Å². The molecule has 3 aliphatic rings. The number of fused-ring (bicyclic) bond motifs is 2. The third kappa shape index (κ3) is 3.00. The number of hydrogen-bond donors (Lipinski definition) is 1. The van der Waals surface area contributed by atoms with Crippen LogP contribution in [0.25, 0.3) is 11.3 Å². The summed E-state index contributed by atoms with van der Waals surface area (Å²) in [6.07, 6.45) is 1.84. The van der Waals surface area contributed by atoms with Crippen molar-refractivity contribution < 1.29 is 19.1 Å². The summed E-state index contributed by atoms with van der Waals surface area (Å²) in [6.45, 7) is 2.03. The molecule has 3 heterocycles. The Morgan fingerprint density at radius 2 is 2.10 bits per heavy atom. The second-order valence-electron chi connectivity index (χ2n) is 7.64. The molecule has 6 heteroatoms. The van der Waals surface area contributed by atoms with E-state index in [9.17, 15) is 9.59 Å². The van der Waals surface area contributed by atoms with E-state index in [4.69, 9.17) is 9.47 Å². The molecule has 6 nitrogen and oxygen atoms in total.